The van der Waals surface area contributed by atoms with Crippen LogP contribution in [0.15, 0.2) is 47.6 Å². The fraction of sp³-hybridized carbons (Fsp3) is 0.0667. The number of alkyl halides is 3. The Balaban J connectivity index is 2.14. The van der Waals surface area contributed by atoms with Crippen molar-refractivity contribution in [2.45, 2.75) is 6.18 Å². The number of rotatable bonds is 3. The number of carbonyl (C=O) groups excluding carboxylic acids is 1. The van der Waals surface area contributed by atoms with Crippen LogP contribution in [0.3, 0.4) is 0 Å². The quantitative estimate of drug-likeness (QED) is 0.516. The third kappa shape index (κ3) is 4.06. The lowest BCUT2D eigenvalue weighted by atomic mass is 10.1. The summed E-state index contributed by atoms with van der Waals surface area (Å²) in [4.78, 5) is 11.7. The van der Waals surface area contributed by atoms with Crippen LogP contribution in [0.2, 0.25) is 0 Å². The van der Waals surface area contributed by atoms with E-state index in [1.165, 1.54) is 18.2 Å². The highest BCUT2D eigenvalue weighted by Gasteiger charge is 2.34. The molecular weight excluding hydrogens is 316 g/mol. The highest BCUT2D eigenvalue weighted by atomic mass is 19.4. The molecular formula is C15H10F4N2O2. The van der Waals surface area contributed by atoms with Gasteiger partial charge in [0.15, 0.2) is 0 Å². The lowest BCUT2D eigenvalue weighted by molar-refractivity contribution is -0.138. The monoisotopic (exact) mass is 326 g/mol. The van der Waals surface area contributed by atoms with Crippen LogP contribution < -0.4 is 5.43 Å². The first-order chi connectivity index (χ1) is 10.8. The van der Waals surface area contributed by atoms with Gasteiger partial charge in [0, 0.05) is 11.1 Å². The molecule has 0 radical (unpaired) electrons. The number of amides is 1. The van der Waals surface area contributed by atoms with Crippen LogP contribution in [-0.4, -0.2) is 17.2 Å². The number of nitrogens with zero attached hydrogens (tertiary/aromatic N) is 1. The Hall–Kier alpha value is -2.90. The molecule has 2 N–H and O–H groups in total. The van der Waals surface area contributed by atoms with E-state index in [0.29, 0.717) is 0 Å². The Morgan fingerprint density at radius 3 is 2.52 bits per heavy atom. The fourth-order valence-corrected chi connectivity index (χ4v) is 1.75. The molecule has 0 saturated heterocycles. The minimum absolute atomic E-state index is 0.00425. The molecule has 0 aromatic heterocycles. The van der Waals surface area contributed by atoms with E-state index in [-0.39, 0.29) is 11.1 Å². The minimum Gasteiger partial charge on any atom is -0.507 e. The van der Waals surface area contributed by atoms with Crippen molar-refractivity contribution < 1.29 is 27.5 Å². The molecule has 0 aliphatic carbocycles. The van der Waals surface area contributed by atoms with Crippen molar-refractivity contribution in [2.75, 3.05) is 0 Å². The van der Waals surface area contributed by atoms with Gasteiger partial charge < -0.3 is 5.11 Å². The van der Waals surface area contributed by atoms with Crippen molar-refractivity contribution in [2.24, 2.45) is 5.10 Å². The van der Waals surface area contributed by atoms with Gasteiger partial charge >= 0.3 is 6.18 Å². The number of hydrogen-bond donors (Lipinski definition) is 2. The first-order valence-electron chi connectivity index (χ1n) is 6.27. The van der Waals surface area contributed by atoms with Crippen molar-refractivity contribution in [1.29, 1.82) is 0 Å². The van der Waals surface area contributed by atoms with E-state index >= 15 is 0 Å². The van der Waals surface area contributed by atoms with Gasteiger partial charge in [-0.3, -0.25) is 4.79 Å². The maximum Gasteiger partial charge on any atom is 0.419 e. The van der Waals surface area contributed by atoms with Crippen LogP contribution in [0.25, 0.3) is 0 Å². The lowest BCUT2D eigenvalue weighted by Crippen LogP contribution is -2.17. The number of benzene rings is 2. The summed E-state index contributed by atoms with van der Waals surface area (Å²) >= 11 is 0. The van der Waals surface area contributed by atoms with E-state index < -0.39 is 29.2 Å². The molecule has 2 aromatic carbocycles. The normalized spacial score (nSPS) is 11.7. The first kappa shape index (κ1) is 16.5. The zero-order chi connectivity index (χ0) is 17.0. The number of halogens is 4. The van der Waals surface area contributed by atoms with Gasteiger partial charge in [-0.15, -0.1) is 0 Å². The van der Waals surface area contributed by atoms with Crippen molar-refractivity contribution in [3.63, 3.8) is 0 Å². The SMILES string of the molecule is O=C(N/N=C/c1cccc(C(F)(F)F)c1O)c1cccc(F)c1. The van der Waals surface area contributed by atoms with Crippen LogP contribution in [0.5, 0.6) is 5.75 Å². The Bertz CT molecular complexity index is 757. The molecule has 4 nitrogen and oxygen atoms in total. The van der Waals surface area contributed by atoms with E-state index in [4.69, 9.17) is 0 Å². The number of aromatic hydroxyl groups is 1. The molecule has 120 valence electrons. The summed E-state index contributed by atoms with van der Waals surface area (Å²) < 4.78 is 50.9. The van der Waals surface area contributed by atoms with Gasteiger partial charge in [0.25, 0.3) is 5.91 Å². The van der Waals surface area contributed by atoms with Gasteiger partial charge in [-0.05, 0) is 30.3 Å². The largest absolute Gasteiger partial charge is 0.507 e. The highest BCUT2D eigenvalue weighted by molar-refractivity contribution is 5.95. The van der Waals surface area contributed by atoms with Crippen LogP contribution in [-0.2, 0) is 6.18 Å². The van der Waals surface area contributed by atoms with Crippen molar-refractivity contribution in [3.8, 4) is 5.75 Å². The summed E-state index contributed by atoms with van der Waals surface area (Å²) in [5.74, 6) is -2.35. The maximum atomic E-state index is 13.0. The lowest BCUT2D eigenvalue weighted by Gasteiger charge is -2.10. The third-order valence-corrected chi connectivity index (χ3v) is 2.83. The Morgan fingerprint density at radius 2 is 1.87 bits per heavy atom. The second kappa shape index (κ2) is 6.47. The molecule has 0 unspecified atom stereocenters. The standard InChI is InChI=1S/C15H10F4N2O2/c16-11-5-1-3-9(7-11)14(23)21-20-8-10-4-2-6-12(13(10)22)15(17,18)19/h1-8,22H,(H,21,23)/b20-8+. The zero-order valence-electron chi connectivity index (χ0n) is 11.4. The number of carbonyl (C=O) groups is 1. The number of phenolic OH excluding ortho intramolecular Hbond substituents is 1. The van der Waals surface area contributed by atoms with Crippen LogP contribution in [0.1, 0.15) is 21.5 Å². The molecule has 0 atom stereocenters. The second-order valence-corrected chi connectivity index (χ2v) is 4.45. The third-order valence-electron chi connectivity index (χ3n) is 2.83. The predicted octanol–water partition coefficient (Wildman–Crippen LogP) is 3.31. The summed E-state index contributed by atoms with van der Waals surface area (Å²) in [5.41, 5.74) is 0.594. The highest BCUT2D eigenvalue weighted by Crippen LogP contribution is 2.36. The molecule has 0 spiro atoms. The molecule has 23 heavy (non-hydrogen) atoms. The zero-order valence-corrected chi connectivity index (χ0v) is 11.4. The Kier molecular flexibility index (Phi) is 4.63. The molecule has 0 aliphatic heterocycles. The summed E-state index contributed by atoms with van der Waals surface area (Å²) in [6.45, 7) is 0. The summed E-state index contributed by atoms with van der Waals surface area (Å²) in [5, 5.41) is 13.0. The molecule has 0 heterocycles. The Labute approximate surface area is 128 Å². The van der Waals surface area contributed by atoms with Gasteiger partial charge in [0.05, 0.1) is 11.8 Å². The molecule has 0 aliphatic rings. The van der Waals surface area contributed by atoms with Gasteiger partial charge in [-0.1, -0.05) is 12.1 Å². The molecule has 2 aromatic rings. The van der Waals surface area contributed by atoms with Gasteiger partial charge in [-0.25, -0.2) is 9.82 Å². The van der Waals surface area contributed by atoms with Crippen molar-refractivity contribution in [1.82, 2.24) is 5.43 Å². The molecule has 0 fully saturated rings. The number of para-hydroxylation sites is 1. The van der Waals surface area contributed by atoms with Crippen LogP contribution in [0.4, 0.5) is 17.6 Å². The minimum atomic E-state index is -4.71. The second-order valence-electron chi connectivity index (χ2n) is 4.45. The smallest absolute Gasteiger partial charge is 0.419 e. The van der Waals surface area contributed by atoms with E-state index in [1.54, 1.807) is 0 Å². The summed E-state index contributed by atoms with van der Waals surface area (Å²) in [6.07, 6.45) is -3.85. The predicted molar refractivity (Wildman–Crippen MR) is 74.6 cm³/mol. The molecule has 0 saturated carbocycles. The molecule has 8 heteroatoms. The fourth-order valence-electron chi connectivity index (χ4n) is 1.75. The molecule has 2 rings (SSSR count). The van der Waals surface area contributed by atoms with E-state index in [0.717, 1.165) is 30.5 Å². The average Bonchev–Trinajstić information content (AvgIpc) is 2.47. The summed E-state index contributed by atoms with van der Waals surface area (Å²) in [6, 6.07) is 7.81. The average molecular weight is 326 g/mol. The van der Waals surface area contributed by atoms with Crippen molar-refractivity contribution >= 4 is 12.1 Å². The number of phenols is 1. The molecule has 0 bridgehead atoms. The topological polar surface area (TPSA) is 61.7 Å². The number of hydrogen-bond acceptors (Lipinski definition) is 3. The van der Waals surface area contributed by atoms with Gasteiger partial charge in [-0.2, -0.15) is 18.3 Å². The van der Waals surface area contributed by atoms with Crippen LogP contribution >= 0.6 is 0 Å². The van der Waals surface area contributed by atoms with Crippen LogP contribution in [0, 0.1) is 5.82 Å². The van der Waals surface area contributed by atoms with E-state index in [1.807, 2.05) is 5.43 Å². The molecule has 1 amide bonds. The Morgan fingerprint density at radius 1 is 1.17 bits per heavy atom. The van der Waals surface area contributed by atoms with E-state index in [2.05, 4.69) is 5.10 Å². The van der Waals surface area contributed by atoms with Gasteiger partial charge in [0.1, 0.15) is 11.6 Å². The first-order valence-corrected chi connectivity index (χ1v) is 6.27. The van der Waals surface area contributed by atoms with E-state index in [9.17, 15) is 27.5 Å². The number of hydrazone groups is 1. The summed E-state index contributed by atoms with van der Waals surface area (Å²) in [7, 11) is 0. The number of nitrogens with one attached hydrogen (secondary N) is 1. The van der Waals surface area contributed by atoms with Gasteiger partial charge in [0.2, 0.25) is 0 Å². The maximum absolute atomic E-state index is 13.0. The van der Waals surface area contributed by atoms with Crippen molar-refractivity contribution in [3.05, 3.63) is 65.0 Å².